The molecule has 2 rings (SSSR count). The number of hydrogen-bond donors (Lipinski definition) is 6. The van der Waals surface area contributed by atoms with E-state index in [2.05, 4.69) is 42.2 Å². The van der Waals surface area contributed by atoms with E-state index in [0.29, 0.717) is 12.3 Å². The Hall–Kier alpha value is -3.06. The van der Waals surface area contributed by atoms with Crippen molar-refractivity contribution in [1.29, 1.82) is 0 Å². The van der Waals surface area contributed by atoms with E-state index in [4.69, 9.17) is 29.0 Å². The fourth-order valence-electron chi connectivity index (χ4n) is 6.62. The van der Waals surface area contributed by atoms with E-state index in [-0.39, 0.29) is 31.5 Å². The molecule has 1 aliphatic rings. The van der Waals surface area contributed by atoms with E-state index in [1.807, 2.05) is 12.2 Å². The molecule has 1 aromatic rings. The first kappa shape index (κ1) is 58.1. The lowest BCUT2D eigenvalue weighted by Gasteiger charge is -2.21. The average molecular weight is 964 g/mol. The van der Waals surface area contributed by atoms with Gasteiger partial charge in [0.1, 0.15) is 30.7 Å². The number of esters is 2. The van der Waals surface area contributed by atoms with Crippen LogP contribution in [0, 0.1) is 5.92 Å². The van der Waals surface area contributed by atoms with Crippen LogP contribution in [0.5, 0.6) is 0 Å². The van der Waals surface area contributed by atoms with Gasteiger partial charge in [-0.05, 0) is 50.5 Å². The molecule has 1 saturated heterocycles. The molecule has 0 amide bonds. The number of carbonyl (C=O) groups is 2. The lowest BCUT2D eigenvalue weighted by atomic mass is 10.0. The molecule has 372 valence electrons. The van der Waals surface area contributed by atoms with Crippen LogP contribution in [0.3, 0.4) is 0 Å². The van der Waals surface area contributed by atoms with E-state index in [0.717, 1.165) is 62.1 Å². The number of aromatic nitrogens is 2. The molecular weight excluding hydrogens is 888 g/mol. The summed E-state index contributed by atoms with van der Waals surface area (Å²) < 4.78 is 56.3. The van der Waals surface area contributed by atoms with Gasteiger partial charge in [-0.25, -0.2) is 13.9 Å². The van der Waals surface area contributed by atoms with Gasteiger partial charge in [0, 0.05) is 19.0 Å². The number of phosphoric acid groups is 2. The van der Waals surface area contributed by atoms with E-state index >= 15 is 0 Å². The van der Waals surface area contributed by atoms with Crippen molar-refractivity contribution >= 4 is 33.4 Å². The van der Waals surface area contributed by atoms with Gasteiger partial charge in [0.05, 0.1) is 19.3 Å². The molecule has 8 atom stereocenters. The Bertz CT molecular complexity index is 1760. The molecule has 0 radical (unpaired) electrons. The Morgan fingerprint density at radius 2 is 1.51 bits per heavy atom. The van der Waals surface area contributed by atoms with Crippen LogP contribution in [0.4, 0.5) is 5.82 Å². The number of phosphoric ester groups is 2. The summed E-state index contributed by atoms with van der Waals surface area (Å²) >= 11 is 0. The Labute approximate surface area is 383 Å². The number of anilines is 1. The fourth-order valence-corrected chi connectivity index (χ4v) is 8.73. The van der Waals surface area contributed by atoms with Crippen molar-refractivity contribution in [2.75, 3.05) is 25.6 Å². The lowest BCUT2D eigenvalue weighted by Crippen LogP contribution is -2.36. The van der Waals surface area contributed by atoms with E-state index in [1.165, 1.54) is 44.6 Å². The highest BCUT2D eigenvalue weighted by Gasteiger charge is 2.46. The second-order valence-electron chi connectivity index (χ2n) is 16.6. The standard InChI is InChI=1S/C44H75N3O16P2/c1-4-5-6-7-8-9-10-11-12-13-14-18-21-25-35(48)26-23-28-39(49)58-31-36(61-40(50)27-22-19-16-15-17-20-24-34(2)3)32-59-64(54,55)63-65(56,57)60-33-37-41(51)42(52)43(62-37)47-30-29-38(45)46-44(47)53/h11-12,14,18,21,25,29-30,34-37,41-43,48,51-52H,4-10,13,15-17,19-20,22-24,26-28,31-33H2,1-3H3,(H,54,55)(H,56,57)(H2,45,46,53)/b12-11+,18-14+,25-21+/t35?,36-,37-,41-,42-,43-/m1/s1. The molecule has 0 aliphatic carbocycles. The number of rotatable bonds is 36. The topological polar surface area (TPSA) is 286 Å². The first-order chi connectivity index (χ1) is 30.9. The smallest absolute Gasteiger partial charge is 0.462 e. The highest BCUT2D eigenvalue weighted by Crippen LogP contribution is 2.60. The Morgan fingerprint density at radius 1 is 0.846 bits per heavy atom. The molecule has 19 nitrogen and oxygen atoms in total. The predicted molar refractivity (Wildman–Crippen MR) is 244 cm³/mol. The summed E-state index contributed by atoms with van der Waals surface area (Å²) in [5.74, 6) is -0.865. The summed E-state index contributed by atoms with van der Waals surface area (Å²) in [5, 5.41) is 31.2. The lowest BCUT2D eigenvalue weighted by molar-refractivity contribution is -0.161. The van der Waals surface area contributed by atoms with Crippen LogP contribution in [0.25, 0.3) is 0 Å². The number of hydrogen-bond acceptors (Lipinski definition) is 16. The third kappa shape index (κ3) is 26.8. The first-order valence-electron chi connectivity index (χ1n) is 23.0. The van der Waals surface area contributed by atoms with Crippen LogP contribution in [0.15, 0.2) is 53.5 Å². The Balaban J connectivity index is 1.86. The summed E-state index contributed by atoms with van der Waals surface area (Å²) in [6.07, 6.45) is 20.4. The normalized spacial score (nSPS) is 20.7. The first-order valence-corrected chi connectivity index (χ1v) is 26.0. The Kier molecular flexibility index (Phi) is 29.1. The number of aliphatic hydroxyl groups excluding tert-OH is 3. The predicted octanol–water partition coefficient (Wildman–Crippen LogP) is 7.27. The van der Waals surface area contributed by atoms with Gasteiger partial charge >= 0.3 is 33.3 Å². The summed E-state index contributed by atoms with van der Waals surface area (Å²) in [6.45, 7) is 4.10. The molecule has 65 heavy (non-hydrogen) atoms. The van der Waals surface area contributed by atoms with Crippen molar-refractivity contribution in [3.63, 3.8) is 0 Å². The van der Waals surface area contributed by atoms with Crippen molar-refractivity contribution in [3.05, 3.63) is 59.2 Å². The molecular formula is C44H75N3O16P2. The maximum absolute atomic E-state index is 12.8. The van der Waals surface area contributed by atoms with Crippen LogP contribution in [0.2, 0.25) is 0 Å². The van der Waals surface area contributed by atoms with Crippen molar-refractivity contribution in [3.8, 4) is 0 Å². The number of nitrogens with zero attached hydrogens (tertiary/aromatic N) is 2. The summed E-state index contributed by atoms with van der Waals surface area (Å²) in [5.41, 5.74) is 4.56. The highest BCUT2D eigenvalue weighted by molar-refractivity contribution is 7.61. The van der Waals surface area contributed by atoms with Gasteiger partial charge in [0.15, 0.2) is 12.3 Å². The quantitative estimate of drug-likeness (QED) is 0.0127. The number of allylic oxidation sites excluding steroid dienone is 5. The number of unbranched alkanes of at least 4 members (excludes halogenated alkanes) is 11. The molecule has 21 heteroatoms. The summed E-state index contributed by atoms with van der Waals surface area (Å²) in [7, 11) is -10.9. The number of ether oxygens (including phenoxy) is 3. The van der Waals surface area contributed by atoms with Gasteiger partial charge < -0.3 is 45.1 Å². The zero-order valence-electron chi connectivity index (χ0n) is 38.3. The van der Waals surface area contributed by atoms with E-state index in [9.17, 15) is 48.6 Å². The summed E-state index contributed by atoms with van der Waals surface area (Å²) in [6, 6.07) is 1.24. The average Bonchev–Trinajstić information content (AvgIpc) is 3.52. The molecule has 3 unspecified atom stereocenters. The molecule has 1 aliphatic heterocycles. The van der Waals surface area contributed by atoms with Gasteiger partial charge in [-0.2, -0.15) is 9.29 Å². The zero-order chi connectivity index (χ0) is 48.1. The van der Waals surface area contributed by atoms with Crippen LogP contribution < -0.4 is 11.4 Å². The minimum atomic E-state index is -5.45. The summed E-state index contributed by atoms with van der Waals surface area (Å²) in [4.78, 5) is 61.6. The second-order valence-corrected chi connectivity index (χ2v) is 19.6. The van der Waals surface area contributed by atoms with Crippen LogP contribution >= 0.6 is 15.6 Å². The molecule has 7 N–H and O–H groups in total. The maximum Gasteiger partial charge on any atom is 0.481 e. The number of carbonyl (C=O) groups excluding carboxylic acids is 2. The van der Waals surface area contributed by atoms with Crippen molar-refractivity contribution in [1.82, 2.24) is 9.55 Å². The van der Waals surface area contributed by atoms with Gasteiger partial charge in [-0.1, -0.05) is 128 Å². The Morgan fingerprint density at radius 3 is 2.22 bits per heavy atom. The number of nitrogen functional groups attached to an aromatic ring is 1. The van der Waals surface area contributed by atoms with Gasteiger partial charge in [-0.3, -0.25) is 23.2 Å². The van der Waals surface area contributed by atoms with E-state index in [1.54, 1.807) is 12.2 Å². The SMILES string of the molecule is CCCCCCCC/C=C/C/C=C/C=C/C(O)CCCC(=O)OC[C@H](COP(=O)(O)OP(=O)(O)OC[C@H]1O[C@@H](n2ccc(N)nc2=O)[C@H](O)[C@@H]1O)OC(=O)CCCCCCCCC(C)C. The molecule has 1 aromatic heterocycles. The molecule has 0 aromatic carbocycles. The van der Waals surface area contributed by atoms with Crippen molar-refractivity contribution in [2.45, 2.75) is 180 Å². The molecule has 0 spiro atoms. The van der Waals surface area contributed by atoms with Crippen molar-refractivity contribution < 1.29 is 71.4 Å². The highest BCUT2D eigenvalue weighted by atomic mass is 31.3. The second kappa shape index (κ2) is 32.6. The molecule has 2 heterocycles. The van der Waals surface area contributed by atoms with Gasteiger partial charge in [0.2, 0.25) is 0 Å². The maximum atomic E-state index is 12.8. The van der Waals surface area contributed by atoms with E-state index < -0.39 is 89.8 Å². The minimum Gasteiger partial charge on any atom is -0.462 e. The molecule has 0 bridgehead atoms. The number of nitrogens with two attached hydrogens (primary N) is 1. The fraction of sp³-hybridized carbons (Fsp3) is 0.727. The molecule has 0 saturated carbocycles. The minimum absolute atomic E-state index is 0.00801. The van der Waals surface area contributed by atoms with Crippen LogP contribution in [-0.4, -0.2) is 96.9 Å². The molecule has 1 fully saturated rings. The third-order valence-electron chi connectivity index (χ3n) is 10.3. The zero-order valence-corrected chi connectivity index (χ0v) is 40.1. The van der Waals surface area contributed by atoms with Gasteiger partial charge in [-0.15, -0.1) is 0 Å². The largest absolute Gasteiger partial charge is 0.481 e. The third-order valence-corrected chi connectivity index (χ3v) is 12.9. The van der Waals surface area contributed by atoms with Crippen molar-refractivity contribution in [2.24, 2.45) is 5.92 Å². The van der Waals surface area contributed by atoms with Crippen LogP contribution in [-0.2, 0) is 46.3 Å². The van der Waals surface area contributed by atoms with Gasteiger partial charge in [0.25, 0.3) is 0 Å². The van der Waals surface area contributed by atoms with Crippen LogP contribution in [0.1, 0.15) is 149 Å². The monoisotopic (exact) mass is 963 g/mol. The number of aliphatic hydroxyl groups is 3.